The van der Waals surface area contributed by atoms with Gasteiger partial charge in [0.05, 0.1) is 17.7 Å². The largest absolute Gasteiger partial charge is 0.448 e. The monoisotopic (exact) mass is 305 g/mol. The fourth-order valence-electron chi connectivity index (χ4n) is 1.86. The second-order valence-corrected chi connectivity index (χ2v) is 4.58. The van der Waals surface area contributed by atoms with E-state index in [0.29, 0.717) is 35.5 Å². The first-order chi connectivity index (χ1) is 9.96. The second kappa shape index (κ2) is 7.36. The van der Waals surface area contributed by atoms with Crippen LogP contribution in [0.5, 0.6) is 0 Å². The highest BCUT2D eigenvalue weighted by molar-refractivity contribution is 7.80. The van der Waals surface area contributed by atoms with Crippen LogP contribution >= 0.6 is 12.6 Å². The van der Waals surface area contributed by atoms with Crippen LogP contribution in [-0.2, 0) is 11.2 Å². The van der Waals surface area contributed by atoms with E-state index in [2.05, 4.69) is 28.4 Å². The summed E-state index contributed by atoms with van der Waals surface area (Å²) < 4.78 is 4.65. The summed E-state index contributed by atoms with van der Waals surface area (Å²) in [7, 11) is 1.70. The van der Waals surface area contributed by atoms with Gasteiger partial charge in [-0.25, -0.2) is 9.78 Å². The Morgan fingerprint density at radius 1 is 1.43 bits per heavy atom. The molecule has 1 heterocycles. The van der Waals surface area contributed by atoms with Crippen molar-refractivity contribution in [3.05, 3.63) is 16.7 Å². The lowest BCUT2D eigenvalue weighted by molar-refractivity contribution is 0.160. The Bertz CT molecular complexity index is 633. The minimum absolute atomic E-state index is 0.0712. The van der Waals surface area contributed by atoms with Gasteiger partial charge in [0.2, 0.25) is 0 Å². The number of thiol groups is 1. The lowest BCUT2D eigenvalue weighted by Gasteiger charge is -2.21. The summed E-state index contributed by atoms with van der Waals surface area (Å²) in [6.45, 7) is 2.23. The van der Waals surface area contributed by atoms with E-state index in [-0.39, 0.29) is 11.6 Å². The summed E-state index contributed by atoms with van der Waals surface area (Å²) in [6.07, 6.45) is -0.346. The quantitative estimate of drug-likeness (QED) is 0.790. The van der Waals surface area contributed by atoms with Crippen molar-refractivity contribution in [1.29, 1.82) is 10.5 Å². The fraction of sp³-hybridized carbons (Fsp3) is 0.385. The molecule has 0 aliphatic carbocycles. The van der Waals surface area contributed by atoms with Crippen LogP contribution < -0.4 is 10.6 Å². The van der Waals surface area contributed by atoms with Crippen LogP contribution in [0.4, 0.5) is 10.6 Å². The molecule has 110 valence electrons. The first kappa shape index (κ1) is 16.6. The van der Waals surface area contributed by atoms with Gasteiger partial charge in [0.25, 0.3) is 0 Å². The summed E-state index contributed by atoms with van der Waals surface area (Å²) >= 11 is 4.20. The second-order valence-electron chi connectivity index (χ2n) is 4.15. The van der Waals surface area contributed by atoms with Crippen molar-refractivity contribution < 1.29 is 9.53 Å². The average molecular weight is 305 g/mol. The van der Waals surface area contributed by atoms with Crippen LogP contribution in [0.3, 0.4) is 0 Å². The lowest BCUT2D eigenvalue weighted by Crippen LogP contribution is -2.27. The SMILES string of the molecule is CCc1c(C#N)c(S)nc(N(C)CCOC(N)=O)c1C#N. The molecule has 0 aliphatic rings. The molecule has 0 bridgehead atoms. The molecule has 0 atom stereocenters. The number of hydrogen-bond donors (Lipinski definition) is 2. The van der Waals surface area contributed by atoms with Gasteiger partial charge in [0.1, 0.15) is 29.6 Å². The van der Waals surface area contributed by atoms with E-state index in [1.807, 2.05) is 13.0 Å². The first-order valence-electron chi connectivity index (χ1n) is 6.15. The Morgan fingerprint density at radius 3 is 2.52 bits per heavy atom. The topological polar surface area (TPSA) is 116 Å². The predicted octanol–water partition coefficient (Wildman–Crippen LogP) is 1.21. The molecule has 0 radical (unpaired) electrons. The molecule has 1 aromatic heterocycles. The third-order valence-corrected chi connectivity index (χ3v) is 3.20. The number of aromatic nitrogens is 1. The number of nitrogens with two attached hydrogens (primary N) is 1. The Kier molecular flexibility index (Phi) is 5.82. The van der Waals surface area contributed by atoms with E-state index in [1.165, 1.54) is 0 Å². The maximum absolute atomic E-state index is 10.5. The molecule has 1 rings (SSSR count). The standard InChI is InChI=1S/C13H15N5O2S/c1-3-8-9(6-14)11(17-12(21)10(8)7-15)18(2)4-5-20-13(16)19/h3-5H2,1-2H3,(H2,16,19)(H,17,21). The number of nitrogens with zero attached hydrogens (tertiary/aromatic N) is 4. The first-order valence-corrected chi connectivity index (χ1v) is 6.60. The number of amides is 1. The molecule has 0 fully saturated rings. The zero-order valence-electron chi connectivity index (χ0n) is 11.8. The van der Waals surface area contributed by atoms with E-state index in [1.54, 1.807) is 11.9 Å². The van der Waals surface area contributed by atoms with Crippen molar-refractivity contribution in [2.24, 2.45) is 5.73 Å². The molecule has 0 unspecified atom stereocenters. The number of rotatable bonds is 5. The number of primary amides is 1. The molecule has 0 saturated carbocycles. The number of likely N-dealkylation sites (N-methyl/N-ethyl adjacent to an activating group) is 1. The number of carbonyl (C=O) groups excluding carboxylic acids is 1. The van der Waals surface area contributed by atoms with Gasteiger partial charge in [-0.15, -0.1) is 12.6 Å². The summed E-state index contributed by atoms with van der Waals surface area (Å²) in [4.78, 5) is 16.4. The van der Waals surface area contributed by atoms with E-state index in [9.17, 15) is 10.1 Å². The van der Waals surface area contributed by atoms with Crippen molar-refractivity contribution >= 4 is 24.5 Å². The third-order valence-electron chi connectivity index (χ3n) is 2.87. The zero-order chi connectivity index (χ0) is 16.0. The minimum Gasteiger partial charge on any atom is -0.448 e. The average Bonchev–Trinajstić information content (AvgIpc) is 2.45. The molecule has 0 aromatic carbocycles. The van der Waals surface area contributed by atoms with Crippen LogP contribution in [0.2, 0.25) is 0 Å². The van der Waals surface area contributed by atoms with Gasteiger partial charge in [0.15, 0.2) is 0 Å². The molecule has 8 heteroatoms. The number of pyridine rings is 1. The molecule has 0 spiro atoms. The molecule has 2 N–H and O–H groups in total. The Hall–Kier alpha value is -2.45. The number of hydrogen-bond acceptors (Lipinski definition) is 7. The summed E-state index contributed by atoms with van der Waals surface area (Å²) in [5, 5.41) is 18.8. The van der Waals surface area contributed by atoms with E-state index in [0.717, 1.165) is 0 Å². The van der Waals surface area contributed by atoms with E-state index in [4.69, 9.17) is 11.0 Å². The van der Waals surface area contributed by atoms with Gasteiger partial charge in [-0.05, 0) is 12.0 Å². The van der Waals surface area contributed by atoms with Crippen LogP contribution in [0.25, 0.3) is 0 Å². The smallest absolute Gasteiger partial charge is 0.404 e. The van der Waals surface area contributed by atoms with Crippen LogP contribution in [-0.4, -0.2) is 31.3 Å². The Morgan fingerprint density at radius 2 is 2.05 bits per heavy atom. The summed E-state index contributed by atoms with van der Waals surface area (Å²) in [5.41, 5.74) is 6.13. The zero-order valence-corrected chi connectivity index (χ0v) is 12.6. The molecule has 1 amide bonds. The van der Waals surface area contributed by atoms with Gasteiger partial charge in [-0.1, -0.05) is 6.92 Å². The van der Waals surface area contributed by atoms with Crippen molar-refractivity contribution in [2.75, 3.05) is 25.1 Å². The van der Waals surface area contributed by atoms with Crippen LogP contribution in [0, 0.1) is 22.7 Å². The highest BCUT2D eigenvalue weighted by Crippen LogP contribution is 2.27. The van der Waals surface area contributed by atoms with Crippen molar-refractivity contribution in [1.82, 2.24) is 4.98 Å². The van der Waals surface area contributed by atoms with Crippen molar-refractivity contribution in [2.45, 2.75) is 18.4 Å². The molecule has 1 aromatic rings. The summed E-state index contributed by atoms with van der Waals surface area (Å²) in [6, 6.07) is 4.09. The maximum Gasteiger partial charge on any atom is 0.404 e. The van der Waals surface area contributed by atoms with E-state index < -0.39 is 6.09 Å². The van der Waals surface area contributed by atoms with Gasteiger partial charge in [-0.3, -0.25) is 0 Å². The van der Waals surface area contributed by atoms with Gasteiger partial charge in [0, 0.05) is 7.05 Å². The highest BCUT2D eigenvalue weighted by atomic mass is 32.1. The highest BCUT2D eigenvalue weighted by Gasteiger charge is 2.19. The Balaban J connectivity index is 3.19. The summed E-state index contributed by atoms with van der Waals surface area (Å²) in [5.74, 6) is 0.395. The van der Waals surface area contributed by atoms with Crippen molar-refractivity contribution in [3.63, 3.8) is 0 Å². The number of nitriles is 2. The maximum atomic E-state index is 10.5. The van der Waals surface area contributed by atoms with Gasteiger partial charge in [-0.2, -0.15) is 10.5 Å². The number of carbonyl (C=O) groups is 1. The normalized spacial score (nSPS) is 9.57. The third kappa shape index (κ3) is 3.77. The van der Waals surface area contributed by atoms with Gasteiger partial charge >= 0.3 is 6.09 Å². The molecule has 7 nitrogen and oxygen atoms in total. The fourth-order valence-corrected chi connectivity index (χ4v) is 2.14. The lowest BCUT2D eigenvalue weighted by atomic mass is 10.0. The number of ether oxygens (including phenoxy) is 1. The van der Waals surface area contributed by atoms with Gasteiger partial charge < -0.3 is 15.4 Å². The molecular formula is C13H15N5O2S. The van der Waals surface area contributed by atoms with Crippen LogP contribution in [0.15, 0.2) is 5.03 Å². The van der Waals surface area contributed by atoms with Crippen LogP contribution in [0.1, 0.15) is 23.6 Å². The Labute approximate surface area is 128 Å². The minimum atomic E-state index is -0.860. The van der Waals surface area contributed by atoms with Crippen molar-refractivity contribution in [3.8, 4) is 12.1 Å². The number of anilines is 1. The molecule has 0 aliphatic heterocycles. The van der Waals surface area contributed by atoms with E-state index >= 15 is 0 Å². The molecular weight excluding hydrogens is 290 g/mol. The molecule has 0 saturated heterocycles. The molecule has 21 heavy (non-hydrogen) atoms. The predicted molar refractivity (Wildman–Crippen MR) is 79.1 cm³/mol.